The summed E-state index contributed by atoms with van der Waals surface area (Å²) in [5, 5.41) is 0.000000000000000222. The SMILES string of the molecule is NC(N)=S.[Ru]. The third kappa shape index (κ3) is 235. The van der Waals surface area contributed by atoms with Crippen LogP contribution in [0.25, 0.3) is 0 Å². The van der Waals surface area contributed by atoms with E-state index < -0.39 is 0 Å². The second-order valence-corrected chi connectivity index (χ2v) is 0.874. The molecule has 0 aromatic heterocycles. The molecule has 0 spiro atoms. The van der Waals surface area contributed by atoms with Gasteiger partial charge in [-0.05, 0) is 12.2 Å². The minimum atomic E-state index is 0. The van der Waals surface area contributed by atoms with E-state index >= 15 is 0 Å². The summed E-state index contributed by atoms with van der Waals surface area (Å²) >= 11 is 4.09. The molecule has 4 heteroatoms. The molecule has 0 saturated carbocycles. The van der Waals surface area contributed by atoms with Crippen molar-refractivity contribution in [3.8, 4) is 0 Å². The fourth-order valence-electron chi connectivity index (χ4n) is 0. The Bertz CT molecular complexity index is 32.6. The van der Waals surface area contributed by atoms with Gasteiger partial charge in [-0.2, -0.15) is 0 Å². The molecular weight excluding hydrogens is 173 g/mol. The maximum Gasteiger partial charge on any atom is 0.160 e. The molecule has 0 aromatic rings. The molecule has 0 bridgehead atoms. The zero-order valence-corrected chi connectivity index (χ0v) is 4.97. The predicted molar refractivity (Wildman–Crippen MR) is 21.0 cm³/mol. The zero-order chi connectivity index (χ0) is 3.58. The van der Waals surface area contributed by atoms with E-state index in [9.17, 15) is 0 Å². The average Bonchev–Trinajstić information content (AvgIpc) is 0.811. The number of hydrogen-bond acceptors (Lipinski definition) is 1. The minimum absolute atomic E-state index is 0. The molecule has 0 unspecified atom stereocenters. The second kappa shape index (κ2) is 4.31. The van der Waals surface area contributed by atoms with E-state index in [-0.39, 0.29) is 24.6 Å². The first-order valence-corrected chi connectivity index (χ1v) is 1.19. The Morgan fingerprint density at radius 2 is 1.40 bits per heavy atom. The molecule has 0 saturated heterocycles. The van der Waals surface area contributed by atoms with Crippen LogP contribution in [-0.4, -0.2) is 5.11 Å². The Hall–Kier alpha value is 0.313. The van der Waals surface area contributed by atoms with Gasteiger partial charge in [0.25, 0.3) is 0 Å². The van der Waals surface area contributed by atoms with Gasteiger partial charge in [-0.15, -0.1) is 0 Å². The van der Waals surface area contributed by atoms with Gasteiger partial charge >= 0.3 is 0 Å². The summed E-state index contributed by atoms with van der Waals surface area (Å²) in [5.74, 6) is 0. The Labute approximate surface area is 48.7 Å². The maximum atomic E-state index is 4.62. The van der Waals surface area contributed by atoms with Crippen molar-refractivity contribution in [2.24, 2.45) is 11.5 Å². The summed E-state index contributed by atoms with van der Waals surface area (Å²) in [7, 11) is 0. The summed E-state index contributed by atoms with van der Waals surface area (Å²) in [5.41, 5.74) is 9.24. The number of hydrogen-bond donors (Lipinski definition) is 2. The molecule has 0 radical (unpaired) electrons. The molecule has 2 nitrogen and oxygen atoms in total. The van der Waals surface area contributed by atoms with Crippen LogP contribution in [0.1, 0.15) is 0 Å². The van der Waals surface area contributed by atoms with E-state index in [2.05, 4.69) is 23.7 Å². The molecule has 0 heterocycles. The maximum absolute atomic E-state index is 4.62. The van der Waals surface area contributed by atoms with Crippen LogP contribution in [0.2, 0.25) is 0 Å². The molecule has 0 aromatic carbocycles. The van der Waals surface area contributed by atoms with Gasteiger partial charge in [0.2, 0.25) is 0 Å². The number of thiocarbonyl (C=S) groups is 1. The van der Waals surface area contributed by atoms with Crippen molar-refractivity contribution in [3.05, 3.63) is 0 Å². The van der Waals surface area contributed by atoms with Crippen LogP contribution in [0.4, 0.5) is 0 Å². The molecule has 0 atom stereocenters. The van der Waals surface area contributed by atoms with Gasteiger partial charge in [-0.3, -0.25) is 0 Å². The van der Waals surface area contributed by atoms with Crippen molar-refractivity contribution in [2.75, 3.05) is 0 Å². The standard InChI is InChI=1S/CH4N2S.Ru/c2-1(3)4;/h(H4,2,3,4);. The molecule has 0 aliphatic heterocycles. The van der Waals surface area contributed by atoms with E-state index in [1.807, 2.05) is 0 Å². The quantitative estimate of drug-likeness (QED) is 0.376. The predicted octanol–water partition coefficient (Wildman–Crippen LogP) is -0.814. The van der Waals surface area contributed by atoms with Crippen LogP contribution < -0.4 is 11.5 Å². The Kier molecular flexibility index (Phi) is 7.77. The fourth-order valence-corrected chi connectivity index (χ4v) is 0. The first-order valence-electron chi connectivity index (χ1n) is 0.781. The molecule has 0 amide bonds. The van der Waals surface area contributed by atoms with Crippen molar-refractivity contribution >= 4 is 17.3 Å². The Morgan fingerprint density at radius 1 is 1.40 bits per heavy atom. The van der Waals surface area contributed by atoms with Gasteiger partial charge in [-0.25, -0.2) is 0 Å². The summed E-state index contributed by atoms with van der Waals surface area (Å²) in [6, 6.07) is 0. The van der Waals surface area contributed by atoms with Crippen LogP contribution in [0.15, 0.2) is 0 Å². The van der Waals surface area contributed by atoms with Gasteiger partial charge in [-0.1, -0.05) is 0 Å². The van der Waals surface area contributed by atoms with E-state index in [0.29, 0.717) is 0 Å². The van der Waals surface area contributed by atoms with E-state index in [1.165, 1.54) is 0 Å². The minimum Gasteiger partial charge on any atom is -0.377 e. The van der Waals surface area contributed by atoms with E-state index in [4.69, 9.17) is 0 Å². The summed E-state index contributed by atoms with van der Waals surface area (Å²) < 4.78 is 0. The molecular formula is CH4N2RuS. The molecule has 4 N–H and O–H groups in total. The van der Waals surface area contributed by atoms with Crippen molar-refractivity contribution < 1.29 is 19.5 Å². The third-order valence-corrected chi connectivity index (χ3v) is 0. The third-order valence-electron chi connectivity index (χ3n) is 0. The van der Waals surface area contributed by atoms with Crippen LogP contribution in [0.3, 0.4) is 0 Å². The molecule has 0 rings (SSSR count). The molecule has 32 valence electrons. The summed E-state index contributed by atoms with van der Waals surface area (Å²) in [4.78, 5) is 0. The average molecular weight is 177 g/mol. The van der Waals surface area contributed by atoms with Crippen molar-refractivity contribution in [3.63, 3.8) is 0 Å². The summed E-state index contributed by atoms with van der Waals surface area (Å²) in [6.07, 6.45) is 0. The number of nitrogens with two attached hydrogens (primary N) is 2. The summed E-state index contributed by atoms with van der Waals surface area (Å²) in [6.45, 7) is 0. The van der Waals surface area contributed by atoms with E-state index in [0.717, 1.165) is 0 Å². The first-order chi connectivity index (χ1) is 1.73. The van der Waals surface area contributed by atoms with Crippen LogP contribution in [0.5, 0.6) is 0 Å². The largest absolute Gasteiger partial charge is 0.377 e. The van der Waals surface area contributed by atoms with Crippen molar-refractivity contribution in [1.82, 2.24) is 0 Å². The normalized spacial score (nSPS) is 4.80. The van der Waals surface area contributed by atoms with Gasteiger partial charge in [0, 0.05) is 19.5 Å². The van der Waals surface area contributed by atoms with Gasteiger partial charge in [0.05, 0.1) is 0 Å². The second-order valence-electron chi connectivity index (χ2n) is 0.402. The van der Waals surface area contributed by atoms with Crippen LogP contribution >= 0.6 is 12.2 Å². The fraction of sp³-hybridized carbons (Fsp3) is 0. The van der Waals surface area contributed by atoms with Crippen LogP contribution in [0, 0.1) is 0 Å². The molecule has 0 aliphatic rings. The molecule has 0 fully saturated rings. The van der Waals surface area contributed by atoms with Crippen molar-refractivity contribution in [1.29, 1.82) is 0 Å². The molecule has 0 aliphatic carbocycles. The topological polar surface area (TPSA) is 52.0 Å². The number of rotatable bonds is 0. The smallest absolute Gasteiger partial charge is 0.160 e. The van der Waals surface area contributed by atoms with Gasteiger partial charge in [0.1, 0.15) is 0 Å². The van der Waals surface area contributed by atoms with E-state index in [1.54, 1.807) is 0 Å². The van der Waals surface area contributed by atoms with Gasteiger partial charge < -0.3 is 11.5 Å². The van der Waals surface area contributed by atoms with Gasteiger partial charge in [0.15, 0.2) is 5.11 Å². The Balaban J connectivity index is 0. The first kappa shape index (κ1) is 9.00. The monoisotopic (exact) mass is 178 g/mol. The van der Waals surface area contributed by atoms with Crippen molar-refractivity contribution in [2.45, 2.75) is 0 Å². The molecule has 5 heavy (non-hydrogen) atoms. The zero-order valence-electron chi connectivity index (χ0n) is 2.42. The Morgan fingerprint density at radius 3 is 1.40 bits per heavy atom. The van der Waals surface area contributed by atoms with Crippen LogP contribution in [-0.2, 0) is 19.5 Å².